The van der Waals surface area contributed by atoms with E-state index in [-0.39, 0.29) is 0 Å². The van der Waals surface area contributed by atoms with Gasteiger partial charge in [-0.25, -0.2) is 0 Å². The fourth-order valence-corrected chi connectivity index (χ4v) is 10.8. The van der Waals surface area contributed by atoms with Gasteiger partial charge >= 0.3 is 0 Å². The van der Waals surface area contributed by atoms with Gasteiger partial charge in [-0.15, -0.1) is 0 Å². The molecule has 2 heterocycles. The number of hydrogen-bond acceptors (Lipinski definition) is 2. The van der Waals surface area contributed by atoms with Gasteiger partial charge in [-0.05, 0) is 91.9 Å². The molecule has 0 saturated carbocycles. The second kappa shape index (κ2) is 9.81. The minimum absolute atomic E-state index is 0.963. The van der Waals surface area contributed by atoms with E-state index < -0.39 is 8.07 Å². The molecule has 0 fully saturated rings. The van der Waals surface area contributed by atoms with Crippen molar-refractivity contribution in [2.24, 2.45) is 0 Å². The Hall–Kier alpha value is -5.38. The largest absolute Gasteiger partial charge is 0.456 e. The lowest BCUT2D eigenvalue weighted by atomic mass is 9.98. The van der Waals surface area contributed by atoms with Crippen LogP contribution in [0.4, 0.5) is 17.1 Å². The van der Waals surface area contributed by atoms with E-state index in [4.69, 9.17) is 4.42 Å². The maximum absolute atomic E-state index is 6.58. The summed E-state index contributed by atoms with van der Waals surface area (Å²) in [5.41, 5.74) is 10.6. The molecule has 0 spiro atoms. The van der Waals surface area contributed by atoms with Crippen LogP contribution in [-0.4, -0.2) is 8.07 Å². The van der Waals surface area contributed by atoms with E-state index in [0.29, 0.717) is 0 Å². The third-order valence-corrected chi connectivity index (χ3v) is 13.1. The number of nitrogens with zero attached hydrogens (tertiary/aromatic N) is 1. The van der Waals surface area contributed by atoms with Gasteiger partial charge < -0.3 is 9.32 Å². The summed E-state index contributed by atoms with van der Waals surface area (Å²) in [5.74, 6) is 0. The van der Waals surface area contributed by atoms with Crippen LogP contribution in [0.5, 0.6) is 0 Å². The van der Waals surface area contributed by atoms with Crippen molar-refractivity contribution >= 4 is 68.2 Å². The van der Waals surface area contributed by atoms with Crippen LogP contribution >= 0.6 is 0 Å². The SMILES string of the molecule is C[Si]1(C)c2cc(N(c3ccccc3)c3ccc(-c4cccc5ccccc45)cc3)ccc2-c2ccc3c(oc4ccccc43)c21. The first kappa shape index (κ1) is 26.1. The third-order valence-electron chi connectivity index (χ3n) is 9.64. The highest BCUT2D eigenvalue weighted by Crippen LogP contribution is 2.40. The molecule has 0 radical (unpaired) electrons. The molecular weight excluding hydrogens is 563 g/mol. The number of furan rings is 1. The average Bonchev–Trinajstić information content (AvgIpc) is 3.57. The number of fused-ring (bicyclic) bond motifs is 8. The highest BCUT2D eigenvalue weighted by Gasteiger charge is 2.41. The zero-order valence-corrected chi connectivity index (χ0v) is 26.3. The summed E-state index contributed by atoms with van der Waals surface area (Å²) in [6.45, 7) is 4.94. The molecule has 7 aromatic carbocycles. The van der Waals surface area contributed by atoms with Gasteiger partial charge in [-0.2, -0.15) is 0 Å². The summed E-state index contributed by atoms with van der Waals surface area (Å²) in [5, 5.41) is 7.81. The molecule has 0 aliphatic carbocycles. The Balaban J connectivity index is 1.17. The molecule has 45 heavy (non-hydrogen) atoms. The molecule has 2 nitrogen and oxygen atoms in total. The Kier molecular flexibility index (Phi) is 5.68. The predicted molar refractivity (Wildman–Crippen MR) is 194 cm³/mol. The number of hydrogen-bond donors (Lipinski definition) is 0. The zero-order valence-electron chi connectivity index (χ0n) is 25.3. The number of anilines is 3. The van der Waals surface area contributed by atoms with Crippen molar-refractivity contribution in [3.05, 3.63) is 152 Å². The number of benzene rings is 7. The van der Waals surface area contributed by atoms with Crippen LogP contribution in [0.1, 0.15) is 0 Å². The van der Waals surface area contributed by atoms with Gasteiger partial charge in [0.25, 0.3) is 0 Å². The van der Waals surface area contributed by atoms with Gasteiger partial charge in [0, 0.05) is 27.8 Å². The van der Waals surface area contributed by atoms with Crippen molar-refractivity contribution in [2.75, 3.05) is 4.90 Å². The Morgan fingerprint density at radius 3 is 2.00 bits per heavy atom. The number of para-hydroxylation sites is 2. The molecule has 214 valence electrons. The van der Waals surface area contributed by atoms with Crippen molar-refractivity contribution in [3.63, 3.8) is 0 Å². The number of rotatable bonds is 4. The minimum Gasteiger partial charge on any atom is -0.456 e. The smallest absolute Gasteiger partial charge is 0.135 e. The van der Waals surface area contributed by atoms with Gasteiger partial charge in [-0.3, -0.25) is 0 Å². The van der Waals surface area contributed by atoms with E-state index in [9.17, 15) is 0 Å². The Labute approximate surface area is 263 Å². The highest BCUT2D eigenvalue weighted by molar-refractivity contribution is 7.05. The molecule has 9 rings (SSSR count). The first-order valence-electron chi connectivity index (χ1n) is 15.6. The molecule has 1 aliphatic rings. The highest BCUT2D eigenvalue weighted by atomic mass is 28.3. The summed E-state index contributed by atoms with van der Waals surface area (Å²) in [7, 11) is -2.09. The lowest BCUT2D eigenvalue weighted by molar-refractivity contribution is 0.671. The Morgan fingerprint density at radius 1 is 0.489 bits per heavy atom. The molecule has 0 atom stereocenters. The van der Waals surface area contributed by atoms with E-state index in [1.165, 1.54) is 59.9 Å². The molecule has 1 aliphatic heterocycles. The van der Waals surface area contributed by atoms with Crippen molar-refractivity contribution in [2.45, 2.75) is 13.1 Å². The standard InChI is InChI=1S/C42H31NOSi/c1-45(2)40-27-32(23-24-36(40)38-26-25-37-35-16-8-9-18-39(35)44-41(37)42(38)45)43(30-13-4-3-5-14-30)31-21-19-29(20-22-31)34-17-10-12-28-11-6-7-15-33(28)34/h3-27H,1-2H3. The molecule has 8 aromatic rings. The van der Waals surface area contributed by atoms with Crippen LogP contribution in [-0.2, 0) is 0 Å². The maximum atomic E-state index is 6.58. The Morgan fingerprint density at radius 2 is 1.16 bits per heavy atom. The van der Waals surface area contributed by atoms with E-state index in [2.05, 4.69) is 170 Å². The predicted octanol–water partition coefficient (Wildman–Crippen LogP) is 10.7. The normalized spacial score (nSPS) is 13.3. The first-order valence-corrected chi connectivity index (χ1v) is 18.6. The van der Waals surface area contributed by atoms with Gasteiger partial charge in [0.2, 0.25) is 0 Å². The van der Waals surface area contributed by atoms with Crippen LogP contribution in [0.15, 0.2) is 156 Å². The monoisotopic (exact) mass is 593 g/mol. The van der Waals surface area contributed by atoms with Crippen LogP contribution < -0.4 is 15.3 Å². The summed E-state index contributed by atoms with van der Waals surface area (Å²) in [4.78, 5) is 2.39. The van der Waals surface area contributed by atoms with Crippen molar-refractivity contribution < 1.29 is 4.42 Å². The van der Waals surface area contributed by atoms with Crippen LogP contribution in [0.25, 0.3) is 55.0 Å². The van der Waals surface area contributed by atoms with Gasteiger partial charge in [0.15, 0.2) is 0 Å². The molecule has 0 bridgehead atoms. The molecule has 0 unspecified atom stereocenters. The van der Waals surface area contributed by atoms with Gasteiger partial charge in [0.05, 0.1) is 0 Å². The van der Waals surface area contributed by atoms with Crippen LogP contribution in [0, 0.1) is 0 Å². The fourth-order valence-electron chi connectivity index (χ4n) is 7.48. The molecule has 0 N–H and O–H groups in total. The molecule has 1 aromatic heterocycles. The summed E-state index contributed by atoms with van der Waals surface area (Å²) >= 11 is 0. The van der Waals surface area contributed by atoms with Crippen molar-refractivity contribution in [3.8, 4) is 22.3 Å². The fraction of sp³-hybridized carbons (Fsp3) is 0.0476. The van der Waals surface area contributed by atoms with E-state index in [0.717, 1.165) is 22.5 Å². The van der Waals surface area contributed by atoms with Crippen LogP contribution in [0.3, 0.4) is 0 Å². The summed E-state index contributed by atoms with van der Waals surface area (Å²) < 4.78 is 6.58. The van der Waals surface area contributed by atoms with Crippen molar-refractivity contribution in [1.29, 1.82) is 0 Å². The van der Waals surface area contributed by atoms with E-state index in [1.54, 1.807) is 0 Å². The lowest BCUT2D eigenvalue weighted by Gasteiger charge is -2.27. The van der Waals surface area contributed by atoms with E-state index in [1.807, 2.05) is 0 Å². The van der Waals surface area contributed by atoms with Crippen LogP contribution in [0.2, 0.25) is 13.1 Å². The summed E-state index contributed by atoms with van der Waals surface area (Å²) in [6, 6.07) is 54.9. The quantitative estimate of drug-likeness (QED) is 0.189. The second-order valence-electron chi connectivity index (χ2n) is 12.6. The van der Waals surface area contributed by atoms with Crippen molar-refractivity contribution in [1.82, 2.24) is 0 Å². The second-order valence-corrected chi connectivity index (χ2v) is 16.9. The zero-order chi connectivity index (χ0) is 30.1. The van der Waals surface area contributed by atoms with Gasteiger partial charge in [-0.1, -0.05) is 116 Å². The molecular formula is C42H31NOSi. The average molecular weight is 594 g/mol. The van der Waals surface area contributed by atoms with E-state index >= 15 is 0 Å². The maximum Gasteiger partial charge on any atom is 0.135 e. The minimum atomic E-state index is -2.09. The van der Waals surface area contributed by atoms with Gasteiger partial charge in [0.1, 0.15) is 19.2 Å². The lowest BCUT2D eigenvalue weighted by Crippen LogP contribution is -2.49. The summed E-state index contributed by atoms with van der Waals surface area (Å²) in [6.07, 6.45) is 0. The topological polar surface area (TPSA) is 16.4 Å². The Bertz CT molecular complexity index is 2400. The third kappa shape index (κ3) is 3.94. The first-order chi connectivity index (χ1) is 22.1. The molecule has 3 heteroatoms. The molecule has 0 saturated heterocycles. The molecule has 0 amide bonds.